The predicted molar refractivity (Wildman–Crippen MR) is 136 cm³/mol. The molecule has 182 valence electrons. The van der Waals surface area contributed by atoms with Gasteiger partial charge in [-0.05, 0) is 61.9 Å². The lowest BCUT2D eigenvalue weighted by Gasteiger charge is -2.19. The Labute approximate surface area is 210 Å². The Morgan fingerprint density at radius 1 is 1.03 bits per heavy atom. The minimum absolute atomic E-state index is 0.0294. The minimum Gasteiger partial charge on any atom is -0.478 e. The molecule has 0 saturated heterocycles. The van der Waals surface area contributed by atoms with Crippen molar-refractivity contribution in [3.8, 4) is 29.2 Å². The summed E-state index contributed by atoms with van der Waals surface area (Å²) >= 11 is 0. The second-order valence-corrected chi connectivity index (χ2v) is 8.52. The van der Waals surface area contributed by atoms with Crippen molar-refractivity contribution in [1.29, 1.82) is 5.26 Å². The van der Waals surface area contributed by atoms with Crippen molar-refractivity contribution in [3.63, 3.8) is 0 Å². The number of aromatic carboxylic acids is 1. The number of aromatic nitrogens is 2. The van der Waals surface area contributed by atoms with Crippen LogP contribution in [0.5, 0.6) is 0 Å². The highest BCUT2D eigenvalue weighted by Crippen LogP contribution is 2.32. The average Bonchev–Trinajstić information content (AvgIpc) is 3.39. The topological polar surface area (TPSA) is 142 Å². The van der Waals surface area contributed by atoms with Gasteiger partial charge in [-0.15, -0.1) is 10.2 Å². The molecule has 5 aromatic rings. The highest BCUT2D eigenvalue weighted by atomic mass is 16.4. The van der Waals surface area contributed by atoms with E-state index in [9.17, 15) is 14.7 Å². The molecular weight excluding hydrogens is 472 g/mol. The number of anilines is 1. The number of rotatable bonds is 6. The van der Waals surface area contributed by atoms with E-state index in [4.69, 9.17) is 14.1 Å². The average molecular weight is 492 g/mol. The molecule has 1 atom stereocenters. The van der Waals surface area contributed by atoms with E-state index in [0.717, 1.165) is 5.56 Å². The third-order valence-corrected chi connectivity index (χ3v) is 5.89. The molecule has 0 bridgehead atoms. The quantitative estimate of drug-likeness (QED) is 0.311. The monoisotopic (exact) mass is 492 g/mol. The summed E-state index contributed by atoms with van der Waals surface area (Å²) in [6, 6.07) is 19.8. The first-order valence-electron chi connectivity index (χ1n) is 11.4. The highest BCUT2D eigenvalue weighted by Gasteiger charge is 2.20. The fourth-order valence-electron chi connectivity index (χ4n) is 4.09. The Hall–Kier alpha value is -5.23. The van der Waals surface area contributed by atoms with E-state index in [2.05, 4.69) is 21.6 Å². The van der Waals surface area contributed by atoms with Crippen LogP contribution in [0, 0.1) is 18.3 Å². The number of aryl methyl sites for hydroxylation is 1. The summed E-state index contributed by atoms with van der Waals surface area (Å²) in [4.78, 5) is 24.7. The lowest BCUT2D eigenvalue weighted by molar-refractivity contribution is 0.0698. The zero-order chi connectivity index (χ0) is 26.1. The fourth-order valence-corrected chi connectivity index (χ4v) is 4.09. The Morgan fingerprint density at radius 2 is 1.76 bits per heavy atom. The molecule has 9 heteroatoms. The summed E-state index contributed by atoms with van der Waals surface area (Å²) in [5.41, 5.74) is 3.27. The SMILES string of the molecule is Cc1cc([C@@H](C)Nc2ccccc2C(=O)O)c2oc(-c3nnc(-c4ccc(C#N)cc4)o3)cc(=O)c2c1. The molecule has 3 aromatic carbocycles. The number of hydrogen-bond acceptors (Lipinski definition) is 8. The van der Waals surface area contributed by atoms with Crippen LogP contribution in [-0.2, 0) is 0 Å². The largest absolute Gasteiger partial charge is 0.478 e. The van der Waals surface area contributed by atoms with Gasteiger partial charge < -0.3 is 19.3 Å². The molecule has 9 nitrogen and oxygen atoms in total. The molecule has 0 aliphatic rings. The van der Waals surface area contributed by atoms with Crippen LogP contribution in [0.3, 0.4) is 0 Å². The van der Waals surface area contributed by atoms with E-state index in [-0.39, 0.29) is 28.5 Å². The van der Waals surface area contributed by atoms with Crippen LogP contribution in [-0.4, -0.2) is 21.3 Å². The van der Waals surface area contributed by atoms with Crippen LogP contribution < -0.4 is 10.7 Å². The van der Waals surface area contributed by atoms with E-state index in [1.807, 2.05) is 19.9 Å². The predicted octanol–water partition coefficient (Wildman–Crippen LogP) is 5.56. The number of carboxylic acids is 1. The van der Waals surface area contributed by atoms with Crippen LogP contribution in [0.25, 0.3) is 34.1 Å². The maximum atomic E-state index is 13.1. The van der Waals surface area contributed by atoms with Gasteiger partial charge in [-0.2, -0.15) is 5.26 Å². The van der Waals surface area contributed by atoms with Gasteiger partial charge in [0.2, 0.25) is 5.89 Å². The number of benzene rings is 3. The van der Waals surface area contributed by atoms with Crippen LogP contribution >= 0.6 is 0 Å². The molecule has 2 heterocycles. The summed E-state index contributed by atoms with van der Waals surface area (Å²) in [6.45, 7) is 3.73. The normalized spacial score (nSPS) is 11.7. The summed E-state index contributed by atoms with van der Waals surface area (Å²) in [5.74, 6) is -0.700. The van der Waals surface area contributed by atoms with Crippen molar-refractivity contribution in [2.24, 2.45) is 0 Å². The van der Waals surface area contributed by atoms with Gasteiger partial charge in [-0.25, -0.2) is 4.79 Å². The smallest absolute Gasteiger partial charge is 0.337 e. The van der Waals surface area contributed by atoms with Crippen molar-refractivity contribution in [2.75, 3.05) is 5.32 Å². The molecular formula is C28H20N4O5. The van der Waals surface area contributed by atoms with Gasteiger partial charge in [0.1, 0.15) is 5.58 Å². The molecule has 2 N–H and O–H groups in total. The number of hydrogen-bond donors (Lipinski definition) is 2. The Bertz CT molecular complexity index is 1750. The van der Waals surface area contributed by atoms with Crippen molar-refractivity contribution in [2.45, 2.75) is 19.9 Å². The molecule has 0 saturated carbocycles. The molecule has 0 radical (unpaired) electrons. The Balaban J connectivity index is 1.56. The number of nitriles is 1. The molecule has 0 fully saturated rings. The summed E-state index contributed by atoms with van der Waals surface area (Å²) in [5, 5.41) is 30.2. The lowest BCUT2D eigenvalue weighted by atomic mass is 10.0. The molecule has 37 heavy (non-hydrogen) atoms. The maximum Gasteiger partial charge on any atom is 0.337 e. The fraction of sp³-hybridized carbons (Fsp3) is 0.107. The summed E-state index contributed by atoms with van der Waals surface area (Å²) in [6.07, 6.45) is 0. The number of nitrogens with one attached hydrogen (secondary N) is 1. The van der Waals surface area contributed by atoms with Crippen LogP contribution in [0.1, 0.15) is 40.0 Å². The first-order chi connectivity index (χ1) is 17.8. The zero-order valence-corrected chi connectivity index (χ0v) is 19.9. The van der Waals surface area contributed by atoms with Crippen LogP contribution in [0.4, 0.5) is 5.69 Å². The molecule has 2 aromatic heterocycles. The Kier molecular flexibility index (Phi) is 5.99. The number of nitrogens with zero attached hydrogens (tertiary/aromatic N) is 3. The van der Waals surface area contributed by atoms with Crippen molar-refractivity contribution in [1.82, 2.24) is 10.2 Å². The van der Waals surface area contributed by atoms with E-state index in [0.29, 0.717) is 33.3 Å². The summed E-state index contributed by atoms with van der Waals surface area (Å²) < 4.78 is 11.9. The third-order valence-electron chi connectivity index (χ3n) is 5.89. The molecule has 0 aliphatic heterocycles. The molecule has 0 spiro atoms. The van der Waals surface area contributed by atoms with E-state index < -0.39 is 12.0 Å². The van der Waals surface area contributed by atoms with Crippen LogP contribution in [0.15, 0.2) is 80.4 Å². The van der Waals surface area contributed by atoms with Crippen molar-refractivity contribution in [3.05, 3.63) is 99.2 Å². The first kappa shape index (κ1) is 23.5. The standard InChI is InChI=1S/C28H20N4O5/c1-15-11-20(16(2)30-22-6-4-3-5-19(22)28(34)35)25-21(12-15)23(33)13-24(36-25)27-32-31-26(37-27)18-9-7-17(14-29)8-10-18/h3-13,16,30H,1-2H3,(H,34,35)/t16-/m1/s1. The van der Waals surface area contributed by atoms with Gasteiger partial charge >= 0.3 is 5.97 Å². The van der Waals surface area contributed by atoms with Gasteiger partial charge in [0.25, 0.3) is 5.89 Å². The van der Waals surface area contributed by atoms with Crippen LogP contribution in [0.2, 0.25) is 0 Å². The number of carbonyl (C=O) groups is 1. The van der Waals surface area contributed by atoms with Crippen molar-refractivity contribution >= 4 is 22.6 Å². The molecule has 0 amide bonds. The second kappa shape index (κ2) is 9.43. The first-order valence-corrected chi connectivity index (χ1v) is 11.4. The van der Waals surface area contributed by atoms with Gasteiger partial charge in [0.15, 0.2) is 11.2 Å². The highest BCUT2D eigenvalue weighted by molar-refractivity contribution is 5.94. The second-order valence-electron chi connectivity index (χ2n) is 8.52. The Morgan fingerprint density at radius 3 is 2.49 bits per heavy atom. The third kappa shape index (κ3) is 4.56. The maximum absolute atomic E-state index is 13.1. The molecule has 0 aliphatic carbocycles. The van der Waals surface area contributed by atoms with Gasteiger partial charge in [0.05, 0.1) is 28.6 Å². The van der Waals surface area contributed by atoms with Gasteiger partial charge in [-0.1, -0.05) is 18.2 Å². The van der Waals surface area contributed by atoms with Gasteiger partial charge in [-0.3, -0.25) is 4.79 Å². The van der Waals surface area contributed by atoms with E-state index >= 15 is 0 Å². The van der Waals surface area contributed by atoms with E-state index in [1.165, 1.54) is 12.1 Å². The minimum atomic E-state index is -1.05. The number of fused-ring (bicyclic) bond motifs is 1. The number of carboxylic acid groups (broad SMARTS) is 1. The molecule has 0 unspecified atom stereocenters. The summed E-state index contributed by atoms with van der Waals surface area (Å²) in [7, 11) is 0. The lowest BCUT2D eigenvalue weighted by Crippen LogP contribution is -2.12. The van der Waals surface area contributed by atoms with Crippen molar-refractivity contribution < 1.29 is 18.7 Å². The van der Waals surface area contributed by atoms with E-state index in [1.54, 1.807) is 48.5 Å². The number of para-hydroxylation sites is 1. The zero-order valence-electron chi connectivity index (χ0n) is 19.9. The molecule has 5 rings (SSSR count). The van der Waals surface area contributed by atoms with Gasteiger partial charge in [0, 0.05) is 22.9 Å².